The van der Waals surface area contributed by atoms with Gasteiger partial charge in [0.15, 0.2) is 18.2 Å². The van der Waals surface area contributed by atoms with Gasteiger partial charge in [-0.3, -0.25) is 0 Å². The lowest BCUT2D eigenvalue weighted by Gasteiger charge is -1.99. The quantitative estimate of drug-likeness (QED) is 0.621. The Morgan fingerprint density at radius 2 is 1.18 bits per heavy atom. The summed E-state index contributed by atoms with van der Waals surface area (Å²) in [6.45, 7) is 2.19. The molecular formula is C21H20P+. The van der Waals surface area contributed by atoms with Crippen molar-refractivity contribution in [2.24, 2.45) is 0 Å². The molecule has 0 aromatic heterocycles. The van der Waals surface area contributed by atoms with Crippen molar-refractivity contribution in [1.29, 1.82) is 0 Å². The van der Waals surface area contributed by atoms with Crippen LogP contribution in [0.25, 0.3) is 0 Å². The smallest absolute Gasteiger partial charge is 0.0619 e. The van der Waals surface area contributed by atoms with Gasteiger partial charge in [-0.05, 0) is 36.2 Å². The first-order chi connectivity index (χ1) is 10.9. The van der Waals surface area contributed by atoms with Crippen molar-refractivity contribution in [2.75, 3.05) is 0 Å². The number of aryl methyl sites for hydroxylation is 1. The first-order valence-electron chi connectivity index (χ1n) is 7.70. The fraction of sp³-hybridized carbons (Fsp3) is 0.0952. The van der Waals surface area contributed by atoms with Crippen LogP contribution in [0, 0.1) is 0 Å². The van der Waals surface area contributed by atoms with Crippen molar-refractivity contribution in [3.8, 4) is 0 Å². The normalized spacial score (nSPS) is 10.2. The number of rotatable bonds is 4. The van der Waals surface area contributed by atoms with Crippen LogP contribution in [0.4, 0.5) is 0 Å². The van der Waals surface area contributed by atoms with E-state index in [1.165, 1.54) is 21.7 Å². The molecule has 0 fully saturated rings. The molecule has 0 saturated heterocycles. The highest BCUT2D eigenvalue weighted by molar-refractivity contribution is 7.72. The van der Waals surface area contributed by atoms with E-state index < -0.39 is 7.55 Å². The molecule has 3 aromatic rings. The maximum atomic E-state index is 2.42. The second kappa shape index (κ2) is 7.20. The summed E-state index contributed by atoms with van der Waals surface area (Å²) >= 11 is 0. The van der Waals surface area contributed by atoms with E-state index in [4.69, 9.17) is 0 Å². The summed E-state index contributed by atoms with van der Waals surface area (Å²) in [7, 11) is -0.466. The van der Waals surface area contributed by atoms with Crippen LogP contribution in [0.3, 0.4) is 0 Å². The molecule has 3 aromatic carbocycles. The zero-order valence-corrected chi connectivity index (χ0v) is 13.7. The van der Waals surface area contributed by atoms with Gasteiger partial charge in [0.05, 0.1) is 0 Å². The second-order valence-corrected chi connectivity index (χ2v) is 7.30. The minimum absolute atomic E-state index is 0.466. The van der Waals surface area contributed by atoms with E-state index in [9.17, 15) is 0 Å². The van der Waals surface area contributed by atoms with Crippen molar-refractivity contribution in [3.05, 3.63) is 96.1 Å². The molecule has 3 rings (SSSR count). The number of hydrogen-bond acceptors (Lipinski definition) is 0. The molecule has 0 radical (unpaired) electrons. The Labute approximate surface area is 133 Å². The van der Waals surface area contributed by atoms with E-state index in [-0.39, 0.29) is 0 Å². The summed E-state index contributed by atoms with van der Waals surface area (Å²) in [5.41, 5.74) is 2.69. The second-order valence-electron chi connectivity index (χ2n) is 5.27. The zero-order valence-electron chi connectivity index (χ0n) is 12.8. The molecule has 0 bridgehead atoms. The summed E-state index contributed by atoms with van der Waals surface area (Å²) in [6, 6.07) is 30.5. The Balaban J connectivity index is 2.06. The molecule has 0 N–H and O–H groups in total. The van der Waals surface area contributed by atoms with Crippen LogP contribution >= 0.6 is 7.55 Å². The average molecular weight is 303 g/mol. The topological polar surface area (TPSA) is 0 Å². The molecule has 0 nitrogen and oxygen atoms in total. The summed E-state index contributed by atoms with van der Waals surface area (Å²) in [6.07, 6.45) is 1.09. The third-order valence-corrected chi connectivity index (χ3v) is 6.00. The Hall–Kier alpha value is -2.17. The molecule has 0 spiro atoms. The highest BCUT2D eigenvalue weighted by atomic mass is 31.1. The molecule has 0 atom stereocenters. The van der Waals surface area contributed by atoms with Crippen LogP contribution in [0.1, 0.15) is 18.1 Å². The summed E-state index contributed by atoms with van der Waals surface area (Å²) in [5.74, 6) is 2.42. The molecule has 0 aliphatic rings. The van der Waals surface area contributed by atoms with Gasteiger partial charge in [0.2, 0.25) is 0 Å². The Morgan fingerprint density at radius 1 is 0.682 bits per heavy atom. The van der Waals surface area contributed by atoms with E-state index in [2.05, 4.69) is 97.6 Å². The van der Waals surface area contributed by atoms with E-state index in [1.54, 1.807) is 0 Å². The summed E-state index contributed by atoms with van der Waals surface area (Å²) in [4.78, 5) is 0. The van der Waals surface area contributed by atoms with Gasteiger partial charge in [0.1, 0.15) is 5.80 Å². The summed E-state index contributed by atoms with van der Waals surface area (Å²) in [5, 5.41) is 2.78. The lowest BCUT2D eigenvalue weighted by Crippen LogP contribution is -2.08. The van der Waals surface area contributed by atoms with Crippen LogP contribution < -0.4 is 10.6 Å². The van der Waals surface area contributed by atoms with Crippen molar-refractivity contribution >= 4 is 24.0 Å². The Morgan fingerprint density at radius 3 is 1.64 bits per heavy atom. The largest absolute Gasteiger partial charge is 0.170 e. The van der Waals surface area contributed by atoms with E-state index >= 15 is 0 Å². The molecule has 0 unspecified atom stereocenters. The summed E-state index contributed by atoms with van der Waals surface area (Å²) < 4.78 is 0. The van der Waals surface area contributed by atoms with Gasteiger partial charge in [0, 0.05) is 5.56 Å². The van der Waals surface area contributed by atoms with Crippen molar-refractivity contribution < 1.29 is 0 Å². The molecule has 0 aliphatic heterocycles. The molecule has 22 heavy (non-hydrogen) atoms. The Bertz CT molecular complexity index is 699. The standard InChI is InChI=1S/C21H20P/c1-2-18-13-15-19(16-14-18)17-22(20-9-5-3-6-10-20)21-11-7-4-8-12-21/h3-17H,2H2,1H3/q+1. The van der Waals surface area contributed by atoms with Gasteiger partial charge >= 0.3 is 0 Å². The minimum atomic E-state index is -0.466. The number of benzene rings is 3. The predicted octanol–water partition coefficient (Wildman–Crippen LogP) is 4.53. The average Bonchev–Trinajstić information content (AvgIpc) is 2.62. The zero-order chi connectivity index (χ0) is 15.2. The van der Waals surface area contributed by atoms with E-state index in [0.29, 0.717) is 0 Å². The van der Waals surface area contributed by atoms with E-state index in [0.717, 1.165) is 6.42 Å². The van der Waals surface area contributed by atoms with Gasteiger partial charge < -0.3 is 0 Å². The van der Waals surface area contributed by atoms with Crippen LogP contribution in [-0.2, 0) is 6.42 Å². The first kappa shape index (κ1) is 14.8. The molecule has 1 heteroatoms. The minimum Gasteiger partial charge on any atom is -0.0619 e. The monoisotopic (exact) mass is 303 g/mol. The van der Waals surface area contributed by atoms with Crippen LogP contribution in [-0.4, -0.2) is 5.80 Å². The van der Waals surface area contributed by atoms with E-state index in [1.807, 2.05) is 0 Å². The highest BCUT2D eigenvalue weighted by Gasteiger charge is 2.17. The third kappa shape index (κ3) is 3.53. The van der Waals surface area contributed by atoms with Gasteiger partial charge in [-0.1, -0.05) is 67.6 Å². The molecule has 108 valence electrons. The van der Waals surface area contributed by atoms with Crippen molar-refractivity contribution in [2.45, 2.75) is 13.3 Å². The maximum Gasteiger partial charge on any atom is 0.170 e. The fourth-order valence-corrected chi connectivity index (χ4v) is 4.52. The van der Waals surface area contributed by atoms with Crippen LogP contribution in [0.5, 0.6) is 0 Å². The van der Waals surface area contributed by atoms with Crippen molar-refractivity contribution in [3.63, 3.8) is 0 Å². The molecule has 0 saturated carbocycles. The van der Waals surface area contributed by atoms with Gasteiger partial charge in [-0.25, -0.2) is 0 Å². The SMILES string of the molecule is CCc1ccc(C=[P+](c2ccccc2)c2ccccc2)cc1. The third-order valence-electron chi connectivity index (χ3n) is 3.73. The van der Waals surface area contributed by atoms with Crippen molar-refractivity contribution in [1.82, 2.24) is 0 Å². The number of hydrogen-bond donors (Lipinski definition) is 0. The van der Waals surface area contributed by atoms with Crippen LogP contribution in [0.2, 0.25) is 0 Å². The first-order valence-corrected chi connectivity index (χ1v) is 9.11. The van der Waals surface area contributed by atoms with Gasteiger partial charge in [-0.15, -0.1) is 0 Å². The maximum absolute atomic E-state index is 2.42. The molecular weight excluding hydrogens is 283 g/mol. The fourth-order valence-electron chi connectivity index (χ4n) is 2.46. The van der Waals surface area contributed by atoms with Gasteiger partial charge in [-0.2, -0.15) is 0 Å². The van der Waals surface area contributed by atoms with Crippen LogP contribution in [0.15, 0.2) is 84.9 Å². The highest BCUT2D eigenvalue weighted by Crippen LogP contribution is 2.22. The molecule has 0 aliphatic carbocycles. The lowest BCUT2D eigenvalue weighted by molar-refractivity contribution is 1.14. The lowest BCUT2D eigenvalue weighted by atomic mass is 10.1. The van der Waals surface area contributed by atoms with Gasteiger partial charge in [0.25, 0.3) is 0 Å². The Kier molecular flexibility index (Phi) is 4.83. The predicted molar refractivity (Wildman–Crippen MR) is 100 cm³/mol. The molecule has 0 amide bonds. The molecule has 0 heterocycles.